The summed E-state index contributed by atoms with van der Waals surface area (Å²) in [6.07, 6.45) is 1.34. The molecule has 0 unspecified atom stereocenters. The van der Waals surface area contributed by atoms with Crippen LogP contribution in [0.25, 0.3) is 0 Å². The van der Waals surface area contributed by atoms with E-state index in [1.165, 1.54) is 0 Å². The first-order valence-corrected chi connectivity index (χ1v) is 8.96. The van der Waals surface area contributed by atoms with Gasteiger partial charge in [-0.3, -0.25) is 4.79 Å². The van der Waals surface area contributed by atoms with Gasteiger partial charge in [-0.25, -0.2) is 8.42 Å². The highest BCUT2D eigenvalue weighted by Gasteiger charge is 2.28. The van der Waals surface area contributed by atoms with Crippen LogP contribution in [0.1, 0.15) is 18.4 Å². The van der Waals surface area contributed by atoms with Crippen LogP contribution < -0.4 is 14.8 Å². The smallest absolute Gasteiger partial charge is 0.220 e. The quantitative estimate of drug-likeness (QED) is 0.841. The highest BCUT2D eigenvalue weighted by molar-refractivity contribution is 7.91. The first-order chi connectivity index (χ1) is 10.4. The van der Waals surface area contributed by atoms with Crippen LogP contribution >= 0.6 is 0 Å². The van der Waals surface area contributed by atoms with Gasteiger partial charge in [0.1, 0.15) is 11.5 Å². The number of carbonyl (C=O) groups excluding carboxylic acids is 1. The second kappa shape index (κ2) is 7.00. The number of hydrogen-bond acceptors (Lipinski definition) is 5. The maximum Gasteiger partial charge on any atom is 0.220 e. The number of nitrogens with one attached hydrogen (secondary N) is 1. The van der Waals surface area contributed by atoms with E-state index in [9.17, 15) is 13.2 Å². The fourth-order valence-electron chi connectivity index (χ4n) is 2.48. The van der Waals surface area contributed by atoms with E-state index in [1.54, 1.807) is 20.3 Å². The van der Waals surface area contributed by atoms with Crippen molar-refractivity contribution in [2.75, 3.05) is 25.7 Å². The number of hydrogen-bond donors (Lipinski definition) is 1. The molecule has 6 nitrogen and oxygen atoms in total. The molecule has 0 spiro atoms. The van der Waals surface area contributed by atoms with Crippen molar-refractivity contribution in [3.05, 3.63) is 23.8 Å². The Bertz CT molecular complexity index is 619. The zero-order valence-electron chi connectivity index (χ0n) is 12.8. The standard InChI is InChI=1S/C15H21NO5S/c1-20-13-7-11(8-14(9-13)21-2)3-4-15(17)16-12-5-6-22(18,19)10-12/h7-9,12H,3-6,10H2,1-2H3,(H,16,17)/t12-/m0/s1. The molecule has 1 aliphatic heterocycles. The molecule has 1 aromatic carbocycles. The van der Waals surface area contributed by atoms with Crippen molar-refractivity contribution in [2.24, 2.45) is 0 Å². The van der Waals surface area contributed by atoms with E-state index >= 15 is 0 Å². The molecule has 0 aliphatic carbocycles. The monoisotopic (exact) mass is 327 g/mol. The fourth-order valence-corrected chi connectivity index (χ4v) is 4.15. The summed E-state index contributed by atoms with van der Waals surface area (Å²) in [7, 11) is 0.176. The molecule has 0 saturated carbocycles. The Hall–Kier alpha value is -1.76. The van der Waals surface area contributed by atoms with Crippen molar-refractivity contribution in [1.29, 1.82) is 0 Å². The van der Waals surface area contributed by atoms with Gasteiger partial charge in [0.05, 0.1) is 25.7 Å². The predicted octanol–water partition coefficient (Wildman–Crippen LogP) is 0.940. The van der Waals surface area contributed by atoms with Gasteiger partial charge in [-0.2, -0.15) is 0 Å². The Morgan fingerprint density at radius 1 is 1.23 bits per heavy atom. The molecule has 1 amide bonds. The second-order valence-electron chi connectivity index (χ2n) is 5.39. The lowest BCUT2D eigenvalue weighted by atomic mass is 10.1. The van der Waals surface area contributed by atoms with E-state index in [1.807, 2.05) is 12.1 Å². The van der Waals surface area contributed by atoms with Gasteiger partial charge in [-0.05, 0) is 30.5 Å². The second-order valence-corrected chi connectivity index (χ2v) is 7.62. The van der Waals surface area contributed by atoms with Gasteiger partial charge in [0.2, 0.25) is 5.91 Å². The fraction of sp³-hybridized carbons (Fsp3) is 0.533. The SMILES string of the molecule is COc1cc(CCC(=O)N[C@H]2CCS(=O)(=O)C2)cc(OC)c1. The number of benzene rings is 1. The van der Waals surface area contributed by atoms with Crippen LogP contribution in [0.5, 0.6) is 11.5 Å². The number of rotatable bonds is 6. The lowest BCUT2D eigenvalue weighted by Crippen LogP contribution is -2.35. The van der Waals surface area contributed by atoms with Gasteiger partial charge in [0.15, 0.2) is 9.84 Å². The van der Waals surface area contributed by atoms with Crippen molar-refractivity contribution < 1.29 is 22.7 Å². The van der Waals surface area contributed by atoms with Crippen molar-refractivity contribution >= 4 is 15.7 Å². The molecule has 7 heteroatoms. The molecule has 1 aliphatic rings. The Kier molecular flexibility index (Phi) is 5.28. The molecule has 0 radical (unpaired) electrons. The number of ether oxygens (including phenoxy) is 2. The highest BCUT2D eigenvalue weighted by Crippen LogP contribution is 2.23. The molecule has 1 fully saturated rings. The van der Waals surface area contributed by atoms with Gasteiger partial charge in [-0.15, -0.1) is 0 Å². The minimum Gasteiger partial charge on any atom is -0.497 e. The molecular weight excluding hydrogens is 306 g/mol. The number of amides is 1. The van der Waals surface area contributed by atoms with Crippen LogP contribution in [0.15, 0.2) is 18.2 Å². The molecule has 1 aromatic rings. The van der Waals surface area contributed by atoms with Gasteiger partial charge in [0.25, 0.3) is 0 Å². The third kappa shape index (κ3) is 4.62. The molecule has 1 N–H and O–H groups in total. The first kappa shape index (κ1) is 16.6. The molecular formula is C15H21NO5S. The molecule has 1 atom stereocenters. The number of carbonyl (C=O) groups is 1. The summed E-state index contributed by atoms with van der Waals surface area (Å²) < 4.78 is 33.1. The van der Waals surface area contributed by atoms with Gasteiger partial charge in [0, 0.05) is 18.5 Å². The maximum absolute atomic E-state index is 11.9. The van der Waals surface area contributed by atoms with Crippen LogP contribution in [0.2, 0.25) is 0 Å². The zero-order valence-corrected chi connectivity index (χ0v) is 13.6. The largest absolute Gasteiger partial charge is 0.497 e. The van der Waals surface area contributed by atoms with E-state index in [4.69, 9.17) is 9.47 Å². The van der Waals surface area contributed by atoms with E-state index in [-0.39, 0.29) is 23.5 Å². The van der Waals surface area contributed by atoms with Crippen LogP contribution in [-0.2, 0) is 21.1 Å². The molecule has 0 aromatic heterocycles. The number of aryl methyl sites for hydroxylation is 1. The topological polar surface area (TPSA) is 81.7 Å². The first-order valence-electron chi connectivity index (χ1n) is 7.13. The van der Waals surface area contributed by atoms with Crippen LogP contribution in [0.4, 0.5) is 0 Å². The average molecular weight is 327 g/mol. The Labute approximate surface area is 130 Å². The Morgan fingerprint density at radius 2 is 1.86 bits per heavy atom. The minimum absolute atomic E-state index is 0.0473. The Balaban J connectivity index is 1.88. The molecule has 122 valence electrons. The highest BCUT2D eigenvalue weighted by atomic mass is 32.2. The van der Waals surface area contributed by atoms with E-state index in [2.05, 4.69) is 5.32 Å². The summed E-state index contributed by atoms with van der Waals surface area (Å²) >= 11 is 0. The van der Waals surface area contributed by atoms with Crippen LogP contribution in [0.3, 0.4) is 0 Å². The van der Waals surface area contributed by atoms with Crippen LogP contribution in [0, 0.1) is 0 Å². The third-order valence-electron chi connectivity index (χ3n) is 3.65. The summed E-state index contributed by atoms with van der Waals surface area (Å²) in [5, 5.41) is 2.78. The minimum atomic E-state index is -2.97. The Morgan fingerprint density at radius 3 is 2.36 bits per heavy atom. The average Bonchev–Trinajstić information content (AvgIpc) is 2.83. The van der Waals surface area contributed by atoms with Crippen molar-refractivity contribution in [1.82, 2.24) is 5.32 Å². The van der Waals surface area contributed by atoms with Gasteiger partial charge >= 0.3 is 0 Å². The molecule has 0 bridgehead atoms. The summed E-state index contributed by atoms with van der Waals surface area (Å²) in [6.45, 7) is 0. The molecule has 1 heterocycles. The van der Waals surface area contributed by atoms with Crippen LogP contribution in [-0.4, -0.2) is 46.1 Å². The maximum atomic E-state index is 11.9. The lowest BCUT2D eigenvalue weighted by Gasteiger charge is -2.11. The number of methoxy groups -OCH3 is 2. The zero-order chi connectivity index (χ0) is 16.2. The molecule has 2 rings (SSSR count). The van der Waals surface area contributed by atoms with E-state index in [0.29, 0.717) is 30.8 Å². The molecule has 1 saturated heterocycles. The number of sulfone groups is 1. The third-order valence-corrected chi connectivity index (χ3v) is 5.42. The van der Waals surface area contributed by atoms with Gasteiger partial charge in [-0.1, -0.05) is 0 Å². The normalized spacial score (nSPS) is 19.6. The van der Waals surface area contributed by atoms with Gasteiger partial charge < -0.3 is 14.8 Å². The summed E-state index contributed by atoms with van der Waals surface area (Å²) in [4.78, 5) is 11.9. The predicted molar refractivity (Wildman–Crippen MR) is 83.1 cm³/mol. The summed E-state index contributed by atoms with van der Waals surface area (Å²) in [6, 6.07) is 5.23. The lowest BCUT2D eigenvalue weighted by molar-refractivity contribution is -0.121. The van der Waals surface area contributed by atoms with E-state index in [0.717, 1.165) is 5.56 Å². The van der Waals surface area contributed by atoms with E-state index < -0.39 is 9.84 Å². The van der Waals surface area contributed by atoms with Crippen molar-refractivity contribution in [3.8, 4) is 11.5 Å². The van der Waals surface area contributed by atoms with Crippen molar-refractivity contribution in [2.45, 2.75) is 25.3 Å². The summed E-state index contributed by atoms with van der Waals surface area (Å²) in [5.74, 6) is 1.42. The summed E-state index contributed by atoms with van der Waals surface area (Å²) in [5.41, 5.74) is 0.936. The van der Waals surface area contributed by atoms with Crippen molar-refractivity contribution in [3.63, 3.8) is 0 Å². The molecule has 22 heavy (non-hydrogen) atoms.